The lowest BCUT2D eigenvalue weighted by atomic mass is 10.1. The number of aryl methyl sites for hydroxylation is 1. The quantitative estimate of drug-likeness (QED) is 0.297. The molecule has 0 radical (unpaired) electrons. The molecule has 0 aromatic heterocycles. The van der Waals surface area contributed by atoms with E-state index in [0.29, 0.717) is 0 Å². The molecular formula is C23H41IN6O. The second kappa shape index (κ2) is 14.1. The van der Waals surface area contributed by atoms with Crippen LogP contribution in [0.1, 0.15) is 18.1 Å². The Kier molecular flexibility index (Phi) is 11.9. The normalized spacial score (nSPS) is 18.5. The first-order chi connectivity index (χ1) is 14.7. The summed E-state index contributed by atoms with van der Waals surface area (Å²) in [6.07, 6.45) is 0. The molecule has 7 nitrogen and oxygen atoms in total. The minimum Gasteiger partial charge on any atom is -0.379 e. The van der Waals surface area contributed by atoms with Gasteiger partial charge in [0.2, 0.25) is 0 Å². The third-order valence-electron chi connectivity index (χ3n) is 6.14. The maximum Gasteiger partial charge on any atom is 0.191 e. The van der Waals surface area contributed by atoms with Crippen molar-refractivity contribution in [2.45, 2.75) is 20.8 Å². The predicted molar refractivity (Wildman–Crippen MR) is 141 cm³/mol. The Bertz CT molecular complexity index is 672. The molecule has 2 heterocycles. The Labute approximate surface area is 205 Å². The molecule has 2 saturated heterocycles. The van der Waals surface area contributed by atoms with E-state index in [0.717, 1.165) is 91.2 Å². The zero-order valence-corrected chi connectivity index (χ0v) is 21.9. The lowest BCUT2D eigenvalue weighted by Gasteiger charge is -2.36. The van der Waals surface area contributed by atoms with Crippen molar-refractivity contribution in [3.8, 4) is 0 Å². The Morgan fingerprint density at radius 1 is 0.968 bits per heavy atom. The van der Waals surface area contributed by atoms with E-state index in [1.807, 2.05) is 0 Å². The summed E-state index contributed by atoms with van der Waals surface area (Å²) >= 11 is 0. The van der Waals surface area contributed by atoms with Gasteiger partial charge in [-0.15, -0.1) is 24.0 Å². The highest BCUT2D eigenvalue weighted by molar-refractivity contribution is 14.0. The Morgan fingerprint density at radius 3 is 2.39 bits per heavy atom. The van der Waals surface area contributed by atoms with Crippen LogP contribution in [-0.2, 0) is 4.74 Å². The number of nitrogens with one attached hydrogen (secondary N) is 2. The highest BCUT2D eigenvalue weighted by Gasteiger charge is 2.18. The van der Waals surface area contributed by atoms with Crippen molar-refractivity contribution in [3.05, 3.63) is 29.3 Å². The van der Waals surface area contributed by atoms with Gasteiger partial charge in [0.05, 0.1) is 19.8 Å². The highest BCUT2D eigenvalue weighted by atomic mass is 127. The third-order valence-corrected chi connectivity index (χ3v) is 6.14. The van der Waals surface area contributed by atoms with Gasteiger partial charge in [-0.25, -0.2) is 0 Å². The predicted octanol–water partition coefficient (Wildman–Crippen LogP) is 1.93. The Hall–Kier alpha value is -1.10. The van der Waals surface area contributed by atoms with E-state index in [2.05, 4.69) is 64.3 Å². The minimum absolute atomic E-state index is 0. The van der Waals surface area contributed by atoms with Crippen molar-refractivity contribution in [1.82, 2.24) is 20.4 Å². The summed E-state index contributed by atoms with van der Waals surface area (Å²) in [6.45, 7) is 19.4. The van der Waals surface area contributed by atoms with E-state index in [1.54, 1.807) is 0 Å². The van der Waals surface area contributed by atoms with Crippen LogP contribution in [0.15, 0.2) is 23.2 Å². The first kappa shape index (κ1) is 26.2. The van der Waals surface area contributed by atoms with Gasteiger partial charge in [-0.3, -0.25) is 14.8 Å². The van der Waals surface area contributed by atoms with Gasteiger partial charge in [-0.2, -0.15) is 0 Å². The van der Waals surface area contributed by atoms with Gasteiger partial charge in [-0.05, 0) is 38.0 Å². The fourth-order valence-corrected chi connectivity index (χ4v) is 4.09. The summed E-state index contributed by atoms with van der Waals surface area (Å²) in [7, 11) is 0. The highest BCUT2D eigenvalue weighted by Crippen LogP contribution is 2.23. The molecule has 2 aliphatic rings. The van der Waals surface area contributed by atoms with Crippen LogP contribution < -0.4 is 15.5 Å². The number of halogens is 1. The molecule has 3 rings (SSSR count). The summed E-state index contributed by atoms with van der Waals surface area (Å²) in [5, 5.41) is 6.84. The summed E-state index contributed by atoms with van der Waals surface area (Å²) in [5.74, 6) is 0.930. The van der Waals surface area contributed by atoms with Gasteiger partial charge >= 0.3 is 0 Å². The molecule has 176 valence electrons. The number of guanidine groups is 1. The number of morpholine rings is 1. The van der Waals surface area contributed by atoms with Crippen molar-refractivity contribution in [2.75, 3.05) is 90.1 Å². The molecule has 0 spiro atoms. The molecule has 2 aliphatic heterocycles. The van der Waals surface area contributed by atoms with Gasteiger partial charge in [0.25, 0.3) is 0 Å². The van der Waals surface area contributed by atoms with Crippen molar-refractivity contribution < 1.29 is 4.74 Å². The van der Waals surface area contributed by atoms with Crippen molar-refractivity contribution >= 4 is 35.6 Å². The SMILES string of the molecule is CCNC(=NCCN1CCN(c2cccc(C)c2C)CC1)NCCN1CCOCC1.I. The molecular weight excluding hydrogens is 503 g/mol. The summed E-state index contributed by atoms with van der Waals surface area (Å²) in [6, 6.07) is 6.63. The van der Waals surface area contributed by atoms with E-state index >= 15 is 0 Å². The average molecular weight is 545 g/mol. The zero-order valence-electron chi connectivity index (χ0n) is 19.5. The Morgan fingerprint density at radius 2 is 1.68 bits per heavy atom. The summed E-state index contributed by atoms with van der Waals surface area (Å²) in [5.41, 5.74) is 4.18. The average Bonchev–Trinajstić information content (AvgIpc) is 2.77. The molecule has 0 saturated carbocycles. The number of rotatable bonds is 8. The fourth-order valence-electron chi connectivity index (χ4n) is 4.09. The second-order valence-corrected chi connectivity index (χ2v) is 8.19. The topological polar surface area (TPSA) is 55.4 Å². The van der Waals surface area contributed by atoms with Crippen molar-refractivity contribution in [1.29, 1.82) is 0 Å². The van der Waals surface area contributed by atoms with Gasteiger partial charge in [0, 0.05) is 71.1 Å². The molecule has 2 N–H and O–H groups in total. The number of nitrogens with zero attached hydrogens (tertiary/aromatic N) is 4. The first-order valence-corrected chi connectivity index (χ1v) is 11.5. The van der Waals surface area contributed by atoms with Gasteiger partial charge in [-0.1, -0.05) is 12.1 Å². The van der Waals surface area contributed by atoms with Crippen LogP contribution in [-0.4, -0.2) is 101 Å². The maximum atomic E-state index is 5.41. The van der Waals surface area contributed by atoms with Crippen LogP contribution in [0.5, 0.6) is 0 Å². The third kappa shape index (κ3) is 8.40. The number of hydrogen-bond acceptors (Lipinski definition) is 5. The smallest absolute Gasteiger partial charge is 0.191 e. The van der Waals surface area contributed by atoms with Crippen LogP contribution in [0.2, 0.25) is 0 Å². The molecule has 0 atom stereocenters. The van der Waals surface area contributed by atoms with E-state index in [9.17, 15) is 0 Å². The van der Waals surface area contributed by atoms with E-state index in [4.69, 9.17) is 9.73 Å². The molecule has 0 unspecified atom stereocenters. The van der Waals surface area contributed by atoms with Crippen LogP contribution in [0, 0.1) is 13.8 Å². The number of anilines is 1. The molecule has 8 heteroatoms. The first-order valence-electron chi connectivity index (χ1n) is 11.5. The number of ether oxygens (including phenoxy) is 1. The number of hydrogen-bond donors (Lipinski definition) is 2. The van der Waals surface area contributed by atoms with Crippen LogP contribution in [0.4, 0.5) is 5.69 Å². The number of aliphatic imine (C=N–C) groups is 1. The van der Waals surface area contributed by atoms with E-state index in [1.165, 1.54) is 16.8 Å². The molecule has 1 aromatic rings. The van der Waals surface area contributed by atoms with Crippen LogP contribution in [0.25, 0.3) is 0 Å². The van der Waals surface area contributed by atoms with Crippen molar-refractivity contribution in [2.24, 2.45) is 4.99 Å². The maximum absolute atomic E-state index is 5.41. The van der Waals surface area contributed by atoms with Crippen LogP contribution >= 0.6 is 24.0 Å². The largest absolute Gasteiger partial charge is 0.379 e. The van der Waals surface area contributed by atoms with E-state index in [-0.39, 0.29) is 24.0 Å². The van der Waals surface area contributed by atoms with E-state index < -0.39 is 0 Å². The Balaban J connectivity index is 0.00000341. The second-order valence-electron chi connectivity index (χ2n) is 8.19. The molecule has 0 amide bonds. The van der Waals surface area contributed by atoms with Crippen molar-refractivity contribution in [3.63, 3.8) is 0 Å². The molecule has 2 fully saturated rings. The summed E-state index contributed by atoms with van der Waals surface area (Å²) in [4.78, 5) is 12.3. The monoisotopic (exact) mass is 544 g/mol. The minimum atomic E-state index is 0. The van der Waals surface area contributed by atoms with Gasteiger partial charge in [0.1, 0.15) is 0 Å². The van der Waals surface area contributed by atoms with Gasteiger partial charge < -0.3 is 20.3 Å². The standard InChI is InChI=1S/C23H40N6O.HI/c1-4-24-23(26-9-11-28-16-18-30-19-17-28)25-8-10-27-12-14-29(15-13-27)22-7-5-6-20(2)21(22)3;/h5-7H,4,8-19H2,1-3H3,(H2,24,25,26);1H. The lowest BCUT2D eigenvalue weighted by molar-refractivity contribution is 0.0389. The lowest BCUT2D eigenvalue weighted by Crippen LogP contribution is -2.47. The zero-order chi connectivity index (χ0) is 21.2. The number of piperazine rings is 1. The molecule has 31 heavy (non-hydrogen) atoms. The molecule has 0 aliphatic carbocycles. The van der Waals surface area contributed by atoms with Gasteiger partial charge in [0.15, 0.2) is 5.96 Å². The van der Waals surface area contributed by atoms with Crippen LogP contribution in [0.3, 0.4) is 0 Å². The fraction of sp³-hybridized carbons (Fsp3) is 0.696. The number of benzene rings is 1. The molecule has 1 aromatic carbocycles. The molecule has 0 bridgehead atoms. The summed E-state index contributed by atoms with van der Waals surface area (Å²) < 4.78 is 5.41.